The molecule has 1 saturated heterocycles. The number of piperidine rings is 1. The zero-order valence-corrected chi connectivity index (χ0v) is 6.10. The highest BCUT2D eigenvalue weighted by Gasteiger charge is 2.20. The summed E-state index contributed by atoms with van der Waals surface area (Å²) in [5.74, 6) is 0.541. The van der Waals surface area contributed by atoms with Crippen LogP contribution in [-0.4, -0.2) is 31.2 Å². The predicted octanol–water partition coefficient (Wildman–Crippen LogP) is 1.30. The summed E-state index contributed by atoms with van der Waals surface area (Å²) in [4.78, 5) is 2.05. The minimum atomic E-state index is -0.584. The van der Waals surface area contributed by atoms with Gasteiger partial charge in [0.25, 0.3) is 0 Å². The highest BCUT2D eigenvalue weighted by Crippen LogP contribution is 2.16. The summed E-state index contributed by atoms with van der Waals surface area (Å²) in [5.41, 5.74) is 0. The average Bonchev–Trinajstić information content (AvgIpc) is 1.59. The summed E-state index contributed by atoms with van der Waals surface area (Å²) in [6, 6.07) is 0. The third-order valence-electron chi connectivity index (χ3n) is 1.79. The molecular weight excluding hydrogens is 117 g/mol. The van der Waals surface area contributed by atoms with Crippen LogP contribution in [0.5, 0.6) is 0 Å². The Labute approximate surface area is 55.8 Å². The summed E-state index contributed by atoms with van der Waals surface area (Å²) in [6.07, 6.45) is 0.170. The van der Waals surface area contributed by atoms with Crippen LogP contribution in [0.3, 0.4) is 0 Å². The highest BCUT2D eigenvalue weighted by molar-refractivity contribution is 4.73. The molecule has 1 fully saturated rings. The fourth-order valence-corrected chi connectivity index (χ4v) is 1.53. The lowest BCUT2D eigenvalue weighted by Crippen LogP contribution is -2.37. The Morgan fingerprint density at radius 1 is 1.44 bits per heavy atom. The van der Waals surface area contributed by atoms with Crippen molar-refractivity contribution < 1.29 is 4.39 Å². The molecule has 54 valence electrons. The molecule has 0 amide bonds. The van der Waals surface area contributed by atoms with Gasteiger partial charge in [0.2, 0.25) is 0 Å². The zero-order chi connectivity index (χ0) is 6.85. The van der Waals surface area contributed by atoms with Crippen molar-refractivity contribution in [2.24, 2.45) is 5.92 Å². The van der Waals surface area contributed by atoms with Crippen LogP contribution in [0.25, 0.3) is 0 Å². The molecule has 9 heavy (non-hydrogen) atoms. The molecule has 0 radical (unpaired) electrons. The largest absolute Gasteiger partial charge is 0.303 e. The van der Waals surface area contributed by atoms with E-state index >= 15 is 0 Å². The predicted molar refractivity (Wildman–Crippen MR) is 36.2 cm³/mol. The Morgan fingerprint density at radius 3 is 2.56 bits per heavy atom. The van der Waals surface area contributed by atoms with E-state index in [1.165, 1.54) is 0 Å². The van der Waals surface area contributed by atoms with Gasteiger partial charge in [0.05, 0.1) is 0 Å². The van der Waals surface area contributed by atoms with Crippen LogP contribution in [0, 0.1) is 5.92 Å². The van der Waals surface area contributed by atoms with Crippen molar-refractivity contribution in [2.45, 2.75) is 19.5 Å². The van der Waals surface area contributed by atoms with Crippen LogP contribution in [0.4, 0.5) is 4.39 Å². The van der Waals surface area contributed by atoms with Crippen molar-refractivity contribution >= 4 is 0 Å². The fraction of sp³-hybridized carbons (Fsp3) is 1.00. The van der Waals surface area contributed by atoms with Gasteiger partial charge in [0.15, 0.2) is 0 Å². The molecule has 0 aromatic rings. The fourth-order valence-electron chi connectivity index (χ4n) is 1.53. The molecule has 0 unspecified atom stereocenters. The Balaban J connectivity index is 2.34. The Kier molecular flexibility index (Phi) is 2.06. The van der Waals surface area contributed by atoms with Crippen molar-refractivity contribution in [3.63, 3.8) is 0 Å². The van der Waals surface area contributed by atoms with Gasteiger partial charge in [-0.15, -0.1) is 0 Å². The number of nitrogens with zero attached hydrogens (tertiary/aromatic N) is 1. The monoisotopic (exact) mass is 131 g/mol. The Morgan fingerprint density at radius 2 is 2.11 bits per heavy atom. The van der Waals surface area contributed by atoms with Gasteiger partial charge in [-0.3, -0.25) is 0 Å². The van der Waals surface area contributed by atoms with E-state index in [0.29, 0.717) is 12.5 Å². The van der Waals surface area contributed by atoms with Gasteiger partial charge >= 0.3 is 0 Å². The van der Waals surface area contributed by atoms with Crippen LogP contribution in [-0.2, 0) is 0 Å². The van der Waals surface area contributed by atoms with Gasteiger partial charge in [0.1, 0.15) is 6.17 Å². The minimum Gasteiger partial charge on any atom is -0.303 e. The topological polar surface area (TPSA) is 3.24 Å². The van der Waals surface area contributed by atoms with Crippen molar-refractivity contribution in [2.75, 3.05) is 20.1 Å². The standard InChI is InChI=1S/C7H14FN/c1-6-3-7(8)5-9(2)4-6/h6-7H,3-5H2,1-2H3/t6-,7-/m0/s1. The molecule has 2 atom stereocenters. The summed E-state index contributed by atoms with van der Waals surface area (Å²) in [6.45, 7) is 3.78. The van der Waals surface area contributed by atoms with Crippen molar-refractivity contribution in [3.05, 3.63) is 0 Å². The molecule has 0 N–H and O–H groups in total. The molecule has 0 saturated carbocycles. The highest BCUT2D eigenvalue weighted by atomic mass is 19.1. The quantitative estimate of drug-likeness (QED) is 0.479. The third-order valence-corrected chi connectivity index (χ3v) is 1.79. The first-order valence-corrected chi connectivity index (χ1v) is 3.51. The number of halogens is 1. The smallest absolute Gasteiger partial charge is 0.113 e. The second-order valence-corrected chi connectivity index (χ2v) is 3.16. The lowest BCUT2D eigenvalue weighted by molar-refractivity contribution is 0.125. The zero-order valence-electron chi connectivity index (χ0n) is 6.10. The van der Waals surface area contributed by atoms with E-state index in [2.05, 4.69) is 11.8 Å². The van der Waals surface area contributed by atoms with E-state index in [1.54, 1.807) is 0 Å². The molecule has 1 aliphatic heterocycles. The molecular formula is C7H14FN. The first kappa shape index (κ1) is 7.00. The number of alkyl halides is 1. The van der Waals surface area contributed by atoms with Gasteiger partial charge in [-0.05, 0) is 19.4 Å². The SMILES string of the molecule is C[C@H]1C[C@H](F)CN(C)C1. The van der Waals surface area contributed by atoms with Crippen molar-refractivity contribution in [1.82, 2.24) is 4.90 Å². The van der Waals surface area contributed by atoms with Crippen LogP contribution in [0.2, 0.25) is 0 Å². The van der Waals surface area contributed by atoms with Crippen LogP contribution in [0.15, 0.2) is 0 Å². The number of hydrogen-bond donors (Lipinski definition) is 0. The third kappa shape index (κ3) is 1.94. The maximum Gasteiger partial charge on any atom is 0.113 e. The molecule has 1 aliphatic rings. The summed E-state index contributed by atoms with van der Waals surface area (Å²) in [5, 5.41) is 0. The van der Waals surface area contributed by atoms with Gasteiger partial charge < -0.3 is 4.90 Å². The lowest BCUT2D eigenvalue weighted by Gasteiger charge is -2.29. The van der Waals surface area contributed by atoms with E-state index < -0.39 is 6.17 Å². The molecule has 1 rings (SSSR count). The summed E-state index contributed by atoms with van der Waals surface area (Å²) < 4.78 is 12.6. The van der Waals surface area contributed by atoms with E-state index in [1.807, 2.05) is 7.05 Å². The van der Waals surface area contributed by atoms with E-state index in [4.69, 9.17) is 0 Å². The molecule has 2 heteroatoms. The minimum absolute atomic E-state index is 0.541. The van der Waals surface area contributed by atoms with Crippen molar-refractivity contribution in [1.29, 1.82) is 0 Å². The van der Waals surface area contributed by atoms with Gasteiger partial charge in [-0.2, -0.15) is 0 Å². The van der Waals surface area contributed by atoms with E-state index in [-0.39, 0.29) is 0 Å². The van der Waals surface area contributed by atoms with Crippen LogP contribution < -0.4 is 0 Å². The molecule has 0 aromatic carbocycles. The molecule has 0 bridgehead atoms. The maximum absolute atomic E-state index is 12.6. The van der Waals surface area contributed by atoms with E-state index in [0.717, 1.165) is 13.0 Å². The number of likely N-dealkylation sites (tertiary alicyclic amines) is 1. The van der Waals surface area contributed by atoms with Gasteiger partial charge in [-0.1, -0.05) is 6.92 Å². The molecule has 0 aromatic heterocycles. The molecule has 1 heterocycles. The summed E-state index contributed by atoms with van der Waals surface area (Å²) in [7, 11) is 1.97. The average molecular weight is 131 g/mol. The van der Waals surface area contributed by atoms with Gasteiger partial charge in [-0.25, -0.2) is 4.39 Å². The van der Waals surface area contributed by atoms with Crippen molar-refractivity contribution in [3.8, 4) is 0 Å². The Hall–Kier alpha value is -0.110. The second-order valence-electron chi connectivity index (χ2n) is 3.16. The first-order valence-electron chi connectivity index (χ1n) is 3.51. The first-order chi connectivity index (χ1) is 4.18. The maximum atomic E-state index is 12.6. The van der Waals surface area contributed by atoms with E-state index in [9.17, 15) is 4.39 Å². The Bertz CT molecular complexity index is 69.9. The molecule has 0 aliphatic carbocycles. The summed E-state index contributed by atoms with van der Waals surface area (Å²) >= 11 is 0. The van der Waals surface area contributed by atoms with Crippen LogP contribution >= 0.6 is 0 Å². The molecule has 0 spiro atoms. The normalized spacial score (nSPS) is 39.0. The number of rotatable bonds is 0. The number of hydrogen-bond acceptors (Lipinski definition) is 1. The second kappa shape index (κ2) is 2.65. The van der Waals surface area contributed by atoms with Crippen LogP contribution in [0.1, 0.15) is 13.3 Å². The molecule has 1 nitrogen and oxygen atoms in total. The van der Waals surface area contributed by atoms with Gasteiger partial charge in [0, 0.05) is 13.1 Å². The lowest BCUT2D eigenvalue weighted by atomic mass is 10.00.